The lowest BCUT2D eigenvalue weighted by molar-refractivity contribution is 0.659. The van der Waals surface area contributed by atoms with Crippen LogP contribution in [0.3, 0.4) is 0 Å². The predicted octanol–water partition coefficient (Wildman–Crippen LogP) is 23.3. The Morgan fingerprint density at radius 2 is 0.489 bits per heavy atom. The molecule has 0 N–H and O–H groups in total. The molecule has 12 aromatic rings. The molecule has 0 atom stereocenters. The number of fused-ring (bicyclic) bond motifs is 13. The molecule has 0 aromatic heterocycles. The lowest BCUT2D eigenvalue weighted by Crippen LogP contribution is -2.18. The van der Waals surface area contributed by atoms with Gasteiger partial charge in [0.2, 0.25) is 0 Å². The Morgan fingerprint density at radius 1 is 0.216 bits per heavy atom. The van der Waals surface area contributed by atoms with E-state index in [4.69, 9.17) is 0 Å². The third kappa shape index (κ3) is 8.22. The number of rotatable bonds is 10. The van der Waals surface area contributed by atoms with E-state index >= 15 is 0 Å². The summed E-state index contributed by atoms with van der Waals surface area (Å²) in [6, 6.07) is 95.4. The number of hydrogen-bond acceptors (Lipinski definition) is 2. The minimum absolute atomic E-state index is 0.0952. The SMILES string of the molecule is CC1(C)c2ccccc2-c2ccc(N(c3ccccc3)c3ccc4c(c3)C(C)(C)c3cc(/C=C/c5ccc(/C=C/c6ccc7c(c6)C(C)(C)c6cc(N(c8ccccc8)c8ccc9c(c8)C(C)(C)c8ccccc8-9)ccc6-7)c6ccccc56)ccc3-4)cc21. The van der Waals surface area contributed by atoms with Crippen LogP contribution in [0.5, 0.6) is 0 Å². The number of para-hydroxylation sites is 2. The molecular weight excluding hydrogens is 1060 g/mol. The Hall–Kier alpha value is -10.0. The summed E-state index contributed by atoms with van der Waals surface area (Å²) in [6.45, 7) is 19.0. The topological polar surface area (TPSA) is 6.48 Å². The predicted molar refractivity (Wildman–Crippen MR) is 374 cm³/mol. The van der Waals surface area contributed by atoms with Crippen molar-refractivity contribution in [3.63, 3.8) is 0 Å². The van der Waals surface area contributed by atoms with E-state index < -0.39 is 0 Å². The van der Waals surface area contributed by atoms with Crippen molar-refractivity contribution in [1.82, 2.24) is 0 Å². The normalized spacial score (nSPS) is 15.3. The molecular formula is C86H70N2. The molecule has 88 heavy (non-hydrogen) atoms. The highest BCUT2D eigenvalue weighted by Gasteiger charge is 2.40. The maximum atomic E-state index is 2.45. The number of nitrogens with zero attached hydrogens (tertiary/aromatic N) is 2. The molecule has 2 heteroatoms. The van der Waals surface area contributed by atoms with Gasteiger partial charge < -0.3 is 9.80 Å². The number of hydrogen-bond donors (Lipinski definition) is 0. The van der Waals surface area contributed by atoms with Crippen LogP contribution >= 0.6 is 0 Å². The zero-order valence-corrected chi connectivity index (χ0v) is 51.5. The smallest absolute Gasteiger partial charge is 0.0465 e. The van der Waals surface area contributed by atoms with Gasteiger partial charge in [-0.25, -0.2) is 0 Å². The summed E-state index contributed by atoms with van der Waals surface area (Å²) >= 11 is 0. The van der Waals surface area contributed by atoms with Gasteiger partial charge in [-0.3, -0.25) is 0 Å². The molecule has 12 aromatic carbocycles. The van der Waals surface area contributed by atoms with E-state index in [1.807, 2.05) is 0 Å². The van der Waals surface area contributed by atoms with Gasteiger partial charge in [-0.1, -0.05) is 262 Å². The molecule has 16 rings (SSSR count). The monoisotopic (exact) mass is 1130 g/mol. The molecule has 0 spiro atoms. The van der Waals surface area contributed by atoms with E-state index in [2.05, 4.69) is 344 Å². The van der Waals surface area contributed by atoms with Gasteiger partial charge in [-0.15, -0.1) is 0 Å². The van der Waals surface area contributed by atoms with Gasteiger partial charge in [-0.2, -0.15) is 0 Å². The van der Waals surface area contributed by atoms with Crippen LogP contribution in [0, 0.1) is 0 Å². The van der Waals surface area contributed by atoms with Crippen molar-refractivity contribution in [1.29, 1.82) is 0 Å². The second-order valence-corrected chi connectivity index (χ2v) is 26.9. The summed E-state index contributed by atoms with van der Waals surface area (Å²) in [6.07, 6.45) is 9.20. The van der Waals surface area contributed by atoms with Gasteiger partial charge in [0.15, 0.2) is 0 Å². The van der Waals surface area contributed by atoms with E-state index in [1.165, 1.54) is 133 Å². The highest BCUT2D eigenvalue weighted by molar-refractivity contribution is 6.00. The second-order valence-electron chi connectivity index (χ2n) is 26.9. The van der Waals surface area contributed by atoms with Crippen molar-refractivity contribution < 1.29 is 0 Å². The summed E-state index contributed by atoms with van der Waals surface area (Å²) < 4.78 is 0. The molecule has 0 saturated heterocycles. The Balaban J connectivity index is 0.662. The highest BCUT2D eigenvalue weighted by Crippen LogP contribution is 2.56. The second kappa shape index (κ2) is 19.8. The molecule has 0 fully saturated rings. The maximum absolute atomic E-state index is 2.45. The first-order valence-electron chi connectivity index (χ1n) is 31.3. The highest BCUT2D eigenvalue weighted by atomic mass is 15.1. The number of benzene rings is 12. The summed E-state index contributed by atoms with van der Waals surface area (Å²) in [7, 11) is 0. The quantitative estimate of drug-likeness (QED) is 0.126. The molecule has 0 radical (unpaired) electrons. The first-order chi connectivity index (χ1) is 42.6. The maximum Gasteiger partial charge on any atom is 0.0465 e. The molecule has 424 valence electrons. The molecule has 0 unspecified atom stereocenters. The van der Waals surface area contributed by atoms with Gasteiger partial charge in [-0.05, 0) is 195 Å². The zero-order valence-electron chi connectivity index (χ0n) is 51.5. The van der Waals surface area contributed by atoms with Gasteiger partial charge >= 0.3 is 0 Å². The summed E-state index contributed by atoms with van der Waals surface area (Å²) in [5.74, 6) is 0. The minimum atomic E-state index is -0.211. The fourth-order valence-electron chi connectivity index (χ4n) is 15.7. The van der Waals surface area contributed by atoms with Crippen molar-refractivity contribution in [2.24, 2.45) is 0 Å². The van der Waals surface area contributed by atoms with Crippen LogP contribution in [0.2, 0.25) is 0 Å². The largest absolute Gasteiger partial charge is 0.310 e. The molecule has 0 heterocycles. The van der Waals surface area contributed by atoms with Gasteiger partial charge in [0, 0.05) is 55.8 Å². The molecule has 0 saturated carbocycles. The molecule has 0 aliphatic heterocycles. The van der Waals surface area contributed by atoms with Crippen LogP contribution in [0.15, 0.2) is 255 Å². The average Bonchev–Trinajstić information content (AvgIpc) is 1.72. The summed E-state index contributed by atoms with van der Waals surface area (Å²) in [4.78, 5) is 4.88. The third-order valence-electron chi connectivity index (χ3n) is 20.5. The van der Waals surface area contributed by atoms with Crippen molar-refractivity contribution in [2.75, 3.05) is 9.80 Å². The standard InChI is InChI=1S/C86H70N2/c1-83(2)75-29-19-17-27-67(75)71-45-39-61(51-79(71)83)87(59-21-11-9-12-22-59)63-41-47-73-69-43-33-55(49-77(69)85(5,6)81(73)53-63)31-35-57-37-38-58(66-26-16-15-25-65(57)66)36-32-56-34-44-70-74-48-42-64(54-82(74)86(7,8)78(70)50-56)88(60-23-13-10-14-24-60)62-40-46-72-68-28-18-20-30-76(68)84(3,4)80(72)52-62/h9-54H,1-8H3/b35-31+,36-32+. The van der Waals surface area contributed by atoms with E-state index in [0.717, 1.165) is 22.7 Å². The molecule has 0 amide bonds. The Morgan fingerprint density at radius 3 is 0.841 bits per heavy atom. The van der Waals surface area contributed by atoms with Crippen LogP contribution in [-0.2, 0) is 21.7 Å². The zero-order chi connectivity index (χ0) is 59.8. The molecule has 0 bridgehead atoms. The fourth-order valence-corrected chi connectivity index (χ4v) is 15.7. The van der Waals surface area contributed by atoms with Crippen LogP contribution in [0.4, 0.5) is 34.1 Å². The third-order valence-corrected chi connectivity index (χ3v) is 20.5. The summed E-state index contributed by atoms with van der Waals surface area (Å²) in [5.41, 5.74) is 32.7. The van der Waals surface area contributed by atoms with Crippen LogP contribution in [0.25, 0.3) is 79.6 Å². The first kappa shape index (κ1) is 53.5. The van der Waals surface area contributed by atoms with Crippen LogP contribution < -0.4 is 9.80 Å². The lowest BCUT2D eigenvalue weighted by atomic mass is 9.81. The molecule has 4 aliphatic rings. The van der Waals surface area contributed by atoms with E-state index in [0.29, 0.717) is 0 Å². The van der Waals surface area contributed by atoms with Gasteiger partial charge in [0.1, 0.15) is 0 Å². The van der Waals surface area contributed by atoms with Gasteiger partial charge in [0.25, 0.3) is 0 Å². The Labute approximate surface area is 519 Å². The van der Waals surface area contributed by atoms with Crippen molar-refractivity contribution in [3.05, 3.63) is 322 Å². The minimum Gasteiger partial charge on any atom is -0.310 e. The van der Waals surface area contributed by atoms with E-state index in [1.54, 1.807) is 0 Å². The van der Waals surface area contributed by atoms with Crippen LogP contribution in [-0.4, -0.2) is 0 Å². The van der Waals surface area contributed by atoms with Gasteiger partial charge in [0.05, 0.1) is 0 Å². The average molecular weight is 1130 g/mol. The molecule has 4 aliphatic carbocycles. The van der Waals surface area contributed by atoms with Crippen molar-refractivity contribution in [3.8, 4) is 44.5 Å². The first-order valence-corrected chi connectivity index (χ1v) is 31.3. The summed E-state index contributed by atoms with van der Waals surface area (Å²) in [5, 5.41) is 2.47. The Bertz CT molecular complexity index is 4600. The fraction of sp³-hybridized carbons (Fsp3) is 0.140. The van der Waals surface area contributed by atoms with Crippen molar-refractivity contribution in [2.45, 2.75) is 77.0 Å². The molecule has 2 nitrogen and oxygen atoms in total. The van der Waals surface area contributed by atoms with E-state index in [-0.39, 0.29) is 21.7 Å². The Kier molecular flexibility index (Phi) is 12.0. The van der Waals surface area contributed by atoms with Crippen molar-refractivity contribution >= 4 is 69.2 Å². The van der Waals surface area contributed by atoms with E-state index in [9.17, 15) is 0 Å². The lowest BCUT2D eigenvalue weighted by Gasteiger charge is -2.29. The van der Waals surface area contributed by atoms with Crippen LogP contribution in [0.1, 0.15) is 122 Å². The number of anilines is 6.